The third-order valence-corrected chi connectivity index (χ3v) is 2.36. The van der Waals surface area contributed by atoms with E-state index >= 15 is 0 Å². The van der Waals surface area contributed by atoms with Gasteiger partial charge in [-0.3, -0.25) is 0 Å². The molecule has 0 saturated carbocycles. The van der Waals surface area contributed by atoms with Crippen LogP contribution in [-0.2, 0) is 0 Å². The van der Waals surface area contributed by atoms with Crippen molar-refractivity contribution in [2.24, 2.45) is 0 Å². The minimum Gasteiger partial charge on any atom is -0.504 e. The number of aromatic hydroxyl groups is 2. The zero-order valence-corrected chi connectivity index (χ0v) is 8.95. The van der Waals surface area contributed by atoms with E-state index in [9.17, 15) is 0 Å². The van der Waals surface area contributed by atoms with Gasteiger partial charge < -0.3 is 10.2 Å². The van der Waals surface area contributed by atoms with Crippen LogP contribution in [0.4, 0.5) is 0 Å². The predicted octanol–water partition coefficient (Wildman–Crippen LogP) is 3.49. The summed E-state index contributed by atoms with van der Waals surface area (Å²) in [6.45, 7) is 3.63. The van der Waals surface area contributed by atoms with Crippen LogP contribution in [0.25, 0.3) is 6.08 Å². The van der Waals surface area contributed by atoms with Crippen molar-refractivity contribution in [3.63, 3.8) is 0 Å². The lowest BCUT2D eigenvalue weighted by atomic mass is 10.2. The summed E-state index contributed by atoms with van der Waals surface area (Å²) in [5.74, 6) is -0.0370. The van der Waals surface area contributed by atoms with Crippen LogP contribution >= 0.6 is 11.3 Å². The van der Waals surface area contributed by atoms with Crippen LogP contribution in [0.1, 0.15) is 5.56 Å². The Hall–Kier alpha value is -1.74. The minimum absolute atomic E-state index is 0.0139. The van der Waals surface area contributed by atoms with E-state index in [-0.39, 0.29) is 10.8 Å². The van der Waals surface area contributed by atoms with Crippen LogP contribution in [0, 0.1) is 0 Å². The molecule has 1 aromatic heterocycles. The molecule has 2 aromatic rings. The lowest BCUT2D eigenvalue weighted by Crippen LogP contribution is -1.63. The molecule has 78 valence electrons. The van der Waals surface area contributed by atoms with E-state index in [4.69, 9.17) is 10.2 Å². The first-order chi connectivity index (χ1) is 7.24. The highest BCUT2D eigenvalue weighted by Crippen LogP contribution is 2.29. The van der Waals surface area contributed by atoms with Crippen LogP contribution in [-0.4, -0.2) is 10.2 Å². The van der Waals surface area contributed by atoms with E-state index in [1.165, 1.54) is 11.6 Å². The Morgan fingerprint density at radius 1 is 1.07 bits per heavy atom. The Labute approximate surface area is 92.8 Å². The second-order valence-corrected chi connectivity index (χ2v) is 3.62. The summed E-state index contributed by atoms with van der Waals surface area (Å²) in [5, 5.41) is 18.6. The Morgan fingerprint density at radius 2 is 1.73 bits per heavy atom. The summed E-state index contributed by atoms with van der Waals surface area (Å²) in [7, 11) is 0. The van der Waals surface area contributed by atoms with Crippen LogP contribution in [0.3, 0.4) is 0 Å². The molecule has 2 N–H and O–H groups in total. The lowest BCUT2D eigenvalue weighted by molar-refractivity contribution is 0.415. The van der Waals surface area contributed by atoms with Crippen LogP contribution < -0.4 is 0 Å². The van der Waals surface area contributed by atoms with Gasteiger partial charge in [-0.05, 0) is 17.0 Å². The SMILES string of the molecule is C=Cc1ccccc1.Oc1ccsc1O. The Morgan fingerprint density at radius 3 is 2.00 bits per heavy atom. The van der Waals surface area contributed by atoms with Gasteiger partial charge in [-0.1, -0.05) is 43.0 Å². The Bertz CT molecular complexity index is 390. The van der Waals surface area contributed by atoms with E-state index in [1.54, 1.807) is 5.38 Å². The first-order valence-corrected chi connectivity index (χ1v) is 5.25. The van der Waals surface area contributed by atoms with E-state index in [2.05, 4.69) is 6.58 Å². The molecule has 0 unspecified atom stereocenters. The molecule has 0 bridgehead atoms. The monoisotopic (exact) mass is 220 g/mol. The van der Waals surface area contributed by atoms with Crippen molar-refractivity contribution >= 4 is 17.4 Å². The number of thiophene rings is 1. The third-order valence-electron chi connectivity index (χ3n) is 1.66. The maximum atomic E-state index is 8.53. The fourth-order valence-corrected chi connectivity index (χ4v) is 1.40. The molecule has 3 heteroatoms. The van der Waals surface area contributed by atoms with Crippen molar-refractivity contribution in [1.82, 2.24) is 0 Å². The van der Waals surface area contributed by atoms with Crippen molar-refractivity contribution in [1.29, 1.82) is 0 Å². The first-order valence-electron chi connectivity index (χ1n) is 4.37. The van der Waals surface area contributed by atoms with Crippen molar-refractivity contribution in [2.75, 3.05) is 0 Å². The van der Waals surface area contributed by atoms with Gasteiger partial charge in [0.25, 0.3) is 0 Å². The van der Waals surface area contributed by atoms with Gasteiger partial charge in [-0.2, -0.15) is 0 Å². The molecule has 0 atom stereocenters. The van der Waals surface area contributed by atoms with E-state index in [1.807, 2.05) is 36.4 Å². The molecule has 0 saturated heterocycles. The number of benzene rings is 1. The average Bonchev–Trinajstić information content (AvgIpc) is 2.65. The van der Waals surface area contributed by atoms with Crippen molar-refractivity contribution in [3.8, 4) is 10.8 Å². The van der Waals surface area contributed by atoms with E-state index in [0.29, 0.717) is 0 Å². The standard InChI is InChI=1S/C8H8.C4H4O2S/c1-2-8-6-4-3-5-7-8;5-3-1-2-7-4(3)6/h2-7H,1H2;1-2,5-6H. The average molecular weight is 220 g/mol. The van der Waals surface area contributed by atoms with E-state index < -0.39 is 0 Å². The maximum absolute atomic E-state index is 8.53. The summed E-state index contributed by atoms with van der Waals surface area (Å²) in [6, 6.07) is 11.5. The van der Waals surface area contributed by atoms with Crippen molar-refractivity contribution < 1.29 is 10.2 Å². The summed E-state index contributed by atoms with van der Waals surface area (Å²) in [4.78, 5) is 0. The second-order valence-electron chi connectivity index (χ2n) is 2.73. The van der Waals surface area contributed by atoms with Crippen LogP contribution in [0.15, 0.2) is 48.4 Å². The normalized spacial score (nSPS) is 8.80. The molecule has 1 heterocycles. The van der Waals surface area contributed by atoms with Gasteiger partial charge in [0.1, 0.15) is 0 Å². The number of hydrogen-bond acceptors (Lipinski definition) is 3. The molecule has 0 radical (unpaired) electrons. The quantitative estimate of drug-likeness (QED) is 0.772. The highest BCUT2D eigenvalue weighted by atomic mass is 32.1. The van der Waals surface area contributed by atoms with Crippen molar-refractivity contribution in [2.45, 2.75) is 0 Å². The van der Waals surface area contributed by atoms with Crippen LogP contribution in [0.5, 0.6) is 10.8 Å². The predicted molar refractivity (Wildman–Crippen MR) is 64.2 cm³/mol. The fourth-order valence-electron chi connectivity index (χ4n) is 0.884. The highest BCUT2D eigenvalue weighted by molar-refractivity contribution is 7.12. The topological polar surface area (TPSA) is 40.5 Å². The van der Waals surface area contributed by atoms with Gasteiger partial charge in [-0.15, -0.1) is 11.3 Å². The van der Waals surface area contributed by atoms with Gasteiger partial charge in [0.2, 0.25) is 5.06 Å². The molecular weight excluding hydrogens is 208 g/mol. The maximum Gasteiger partial charge on any atom is 0.214 e. The van der Waals surface area contributed by atoms with E-state index in [0.717, 1.165) is 11.3 Å². The summed E-state index contributed by atoms with van der Waals surface area (Å²) in [6.07, 6.45) is 1.83. The summed E-state index contributed by atoms with van der Waals surface area (Å²) >= 11 is 1.11. The number of hydrogen-bond donors (Lipinski definition) is 2. The molecular formula is C12H12O2S. The lowest BCUT2D eigenvalue weighted by Gasteiger charge is -1.85. The number of rotatable bonds is 1. The zero-order chi connectivity index (χ0) is 11.1. The molecule has 15 heavy (non-hydrogen) atoms. The first kappa shape index (κ1) is 11.3. The summed E-state index contributed by atoms with van der Waals surface area (Å²) < 4.78 is 0. The zero-order valence-electron chi connectivity index (χ0n) is 8.13. The van der Waals surface area contributed by atoms with Gasteiger partial charge >= 0.3 is 0 Å². The molecule has 2 rings (SSSR count). The molecule has 0 aliphatic heterocycles. The van der Waals surface area contributed by atoms with Gasteiger partial charge in [0.05, 0.1) is 0 Å². The van der Waals surface area contributed by atoms with Crippen LogP contribution in [0.2, 0.25) is 0 Å². The fraction of sp³-hybridized carbons (Fsp3) is 0. The molecule has 0 fully saturated rings. The summed E-state index contributed by atoms with van der Waals surface area (Å²) in [5.41, 5.74) is 1.17. The van der Waals surface area contributed by atoms with Gasteiger partial charge in [0, 0.05) is 0 Å². The molecule has 2 nitrogen and oxygen atoms in total. The molecule has 0 spiro atoms. The smallest absolute Gasteiger partial charge is 0.214 e. The molecule has 0 aliphatic rings. The largest absolute Gasteiger partial charge is 0.504 e. The van der Waals surface area contributed by atoms with Gasteiger partial charge in [0.15, 0.2) is 5.75 Å². The van der Waals surface area contributed by atoms with Crippen molar-refractivity contribution in [3.05, 3.63) is 53.9 Å². The third kappa shape index (κ3) is 3.87. The molecule has 1 aromatic carbocycles. The Kier molecular flexibility index (Phi) is 4.44. The minimum atomic E-state index is -0.0370. The molecule has 0 aliphatic carbocycles. The highest BCUT2D eigenvalue weighted by Gasteiger charge is 1.94. The Balaban J connectivity index is 0.000000151. The van der Waals surface area contributed by atoms with Gasteiger partial charge in [-0.25, -0.2) is 0 Å². The molecule has 0 amide bonds. The second kappa shape index (κ2) is 5.88.